The van der Waals surface area contributed by atoms with Crippen LogP contribution in [0.15, 0.2) is 29.2 Å². The Balaban J connectivity index is 2.68. The number of carboxylic acids is 1. The summed E-state index contributed by atoms with van der Waals surface area (Å²) in [7, 11) is -3.70. The zero-order valence-electron chi connectivity index (χ0n) is 13.5. The molecule has 0 spiro atoms. The minimum absolute atomic E-state index is 0.00121. The lowest BCUT2D eigenvalue weighted by Gasteiger charge is -2.18. The molecule has 1 aromatic carbocycles. The number of amides is 1. The highest BCUT2D eigenvalue weighted by molar-refractivity contribution is 7.89. The van der Waals surface area contributed by atoms with Gasteiger partial charge in [-0.1, -0.05) is 5.92 Å². The molecule has 0 aromatic heterocycles. The fourth-order valence-corrected chi connectivity index (χ4v) is 2.64. The van der Waals surface area contributed by atoms with E-state index >= 15 is 0 Å². The van der Waals surface area contributed by atoms with Crippen LogP contribution in [0.2, 0.25) is 0 Å². The van der Waals surface area contributed by atoms with E-state index in [0.717, 1.165) is 0 Å². The van der Waals surface area contributed by atoms with E-state index in [1.165, 1.54) is 24.3 Å². The molecule has 1 amide bonds. The summed E-state index contributed by atoms with van der Waals surface area (Å²) in [5.74, 6) is 0.825. The van der Waals surface area contributed by atoms with Crippen LogP contribution in [0.1, 0.15) is 30.6 Å². The van der Waals surface area contributed by atoms with Gasteiger partial charge in [0.25, 0.3) is 5.91 Å². The Hall–Kier alpha value is -2.37. The van der Waals surface area contributed by atoms with Gasteiger partial charge in [0.1, 0.15) is 0 Å². The van der Waals surface area contributed by atoms with Crippen molar-refractivity contribution in [1.82, 2.24) is 10.0 Å². The fraction of sp³-hybridized carbons (Fsp3) is 0.375. The molecule has 0 radical (unpaired) electrons. The number of sulfonamides is 1. The number of nitrogens with one attached hydrogen (secondary N) is 2. The Morgan fingerprint density at radius 3 is 2.33 bits per heavy atom. The van der Waals surface area contributed by atoms with Crippen LogP contribution in [0.4, 0.5) is 0 Å². The van der Waals surface area contributed by atoms with E-state index in [1.807, 2.05) is 0 Å². The van der Waals surface area contributed by atoms with E-state index < -0.39 is 27.3 Å². The van der Waals surface area contributed by atoms with Crippen LogP contribution < -0.4 is 10.0 Å². The molecule has 0 aliphatic heterocycles. The van der Waals surface area contributed by atoms with E-state index in [4.69, 9.17) is 11.5 Å². The predicted octanol–water partition coefficient (Wildman–Crippen LogP) is 0.829. The molecule has 0 unspecified atom stereocenters. The van der Waals surface area contributed by atoms with Gasteiger partial charge in [-0.25, -0.2) is 8.42 Å². The Bertz CT molecular complexity index is 746. The summed E-state index contributed by atoms with van der Waals surface area (Å²) in [5, 5.41) is 11.6. The van der Waals surface area contributed by atoms with Crippen LogP contribution in [0.5, 0.6) is 0 Å². The Morgan fingerprint density at radius 2 is 1.83 bits per heavy atom. The third kappa shape index (κ3) is 5.37. The number of aliphatic carboxylic acids is 1. The number of hydrogen-bond donors (Lipinski definition) is 3. The average molecular weight is 352 g/mol. The molecule has 0 aliphatic carbocycles. The van der Waals surface area contributed by atoms with Crippen LogP contribution in [-0.2, 0) is 14.8 Å². The number of rotatable bonds is 8. The molecule has 0 aliphatic rings. The molecule has 0 heterocycles. The lowest BCUT2D eigenvalue weighted by molar-refractivity contribution is -0.147. The highest BCUT2D eigenvalue weighted by Crippen LogP contribution is 2.19. The molecule has 0 fully saturated rings. The first-order chi connectivity index (χ1) is 11.1. The van der Waals surface area contributed by atoms with E-state index in [-0.39, 0.29) is 30.0 Å². The maximum absolute atomic E-state index is 12.0. The first kappa shape index (κ1) is 19.7. The highest BCUT2D eigenvalue weighted by Gasteiger charge is 2.26. The van der Waals surface area contributed by atoms with Gasteiger partial charge in [0, 0.05) is 12.1 Å². The lowest BCUT2D eigenvalue weighted by Crippen LogP contribution is -2.32. The summed E-state index contributed by atoms with van der Waals surface area (Å²) in [5.41, 5.74) is -0.660. The van der Waals surface area contributed by atoms with Crippen molar-refractivity contribution in [3.63, 3.8) is 0 Å². The first-order valence-corrected chi connectivity index (χ1v) is 8.63. The molecule has 3 N–H and O–H groups in total. The minimum Gasteiger partial charge on any atom is -0.481 e. The summed E-state index contributed by atoms with van der Waals surface area (Å²) < 4.78 is 25.9. The second kappa shape index (κ2) is 7.95. The van der Waals surface area contributed by atoms with E-state index in [9.17, 15) is 18.0 Å². The number of benzene rings is 1. The average Bonchev–Trinajstić information content (AvgIpc) is 2.52. The van der Waals surface area contributed by atoms with Gasteiger partial charge in [0.05, 0.1) is 16.9 Å². The molecule has 8 heteroatoms. The van der Waals surface area contributed by atoms with Gasteiger partial charge in [0.2, 0.25) is 10.0 Å². The topological polar surface area (TPSA) is 113 Å². The van der Waals surface area contributed by atoms with Crippen LogP contribution in [-0.4, -0.2) is 38.5 Å². The molecule has 0 bridgehead atoms. The summed E-state index contributed by atoms with van der Waals surface area (Å²) in [6, 6.07) is 5.36. The summed E-state index contributed by atoms with van der Waals surface area (Å²) >= 11 is 0. The third-order valence-corrected chi connectivity index (χ3v) is 4.82. The smallest absolute Gasteiger partial charge is 0.309 e. The molecule has 0 saturated heterocycles. The summed E-state index contributed by atoms with van der Waals surface area (Å²) in [4.78, 5) is 23.0. The molecule has 0 atom stereocenters. The number of terminal acetylenes is 1. The zero-order chi connectivity index (χ0) is 18.4. The standard InChI is InChI=1S/C16H20N2O5S/c1-4-10-18-24(22,23)13-7-5-12(6-8-13)14(19)17-11-9-16(2,3)15(20)21/h1,5-8,18H,9-11H2,2-3H3,(H,17,19)(H,20,21). The van der Waals surface area contributed by atoms with Gasteiger partial charge in [-0.3, -0.25) is 9.59 Å². The Kier molecular flexibility index (Phi) is 6.51. The van der Waals surface area contributed by atoms with Gasteiger partial charge in [0.15, 0.2) is 0 Å². The number of carbonyl (C=O) groups is 2. The second-order valence-corrected chi connectivity index (χ2v) is 7.51. The maximum Gasteiger partial charge on any atom is 0.309 e. The van der Waals surface area contributed by atoms with Crippen molar-refractivity contribution in [2.24, 2.45) is 5.41 Å². The Morgan fingerprint density at radius 1 is 1.25 bits per heavy atom. The number of hydrogen-bond acceptors (Lipinski definition) is 4. The summed E-state index contributed by atoms with van der Waals surface area (Å²) in [6.45, 7) is 3.22. The van der Waals surface area contributed by atoms with Crippen molar-refractivity contribution >= 4 is 21.9 Å². The maximum atomic E-state index is 12.0. The minimum atomic E-state index is -3.70. The molecule has 7 nitrogen and oxygen atoms in total. The molecule has 24 heavy (non-hydrogen) atoms. The molecular formula is C16H20N2O5S. The number of carbonyl (C=O) groups excluding carboxylic acids is 1. The quantitative estimate of drug-likeness (QED) is 0.600. The van der Waals surface area contributed by atoms with Crippen LogP contribution in [0.25, 0.3) is 0 Å². The van der Waals surface area contributed by atoms with Crippen molar-refractivity contribution in [2.45, 2.75) is 25.2 Å². The van der Waals surface area contributed by atoms with Crippen LogP contribution in [0, 0.1) is 17.8 Å². The number of carboxylic acid groups (broad SMARTS) is 1. The predicted molar refractivity (Wildman–Crippen MR) is 88.8 cm³/mol. The van der Waals surface area contributed by atoms with Gasteiger partial charge in [-0.05, 0) is 44.5 Å². The normalized spacial score (nSPS) is 11.5. The fourth-order valence-electron chi connectivity index (χ4n) is 1.70. The molecule has 1 aromatic rings. The summed E-state index contributed by atoms with van der Waals surface area (Å²) in [6.07, 6.45) is 5.28. The van der Waals surface area contributed by atoms with Crippen LogP contribution >= 0.6 is 0 Å². The van der Waals surface area contributed by atoms with Gasteiger partial charge in [-0.2, -0.15) is 4.72 Å². The highest BCUT2D eigenvalue weighted by atomic mass is 32.2. The van der Waals surface area contributed by atoms with Crippen molar-refractivity contribution in [2.75, 3.05) is 13.1 Å². The SMILES string of the molecule is C#CCNS(=O)(=O)c1ccc(C(=O)NCCC(C)(C)C(=O)O)cc1. The molecular weight excluding hydrogens is 332 g/mol. The second-order valence-electron chi connectivity index (χ2n) is 5.75. The van der Waals surface area contributed by atoms with Crippen molar-refractivity contribution < 1.29 is 23.1 Å². The monoisotopic (exact) mass is 352 g/mol. The van der Waals surface area contributed by atoms with Crippen LogP contribution in [0.3, 0.4) is 0 Å². The Labute approximate surface area is 141 Å². The first-order valence-electron chi connectivity index (χ1n) is 7.15. The largest absolute Gasteiger partial charge is 0.481 e. The van der Waals surface area contributed by atoms with Gasteiger partial charge >= 0.3 is 5.97 Å². The van der Waals surface area contributed by atoms with Gasteiger partial charge in [-0.15, -0.1) is 6.42 Å². The lowest BCUT2D eigenvalue weighted by atomic mass is 9.90. The van der Waals surface area contributed by atoms with Crippen molar-refractivity contribution in [3.05, 3.63) is 29.8 Å². The van der Waals surface area contributed by atoms with E-state index in [2.05, 4.69) is 16.0 Å². The molecule has 1 rings (SSSR count). The molecule has 130 valence electrons. The van der Waals surface area contributed by atoms with Gasteiger partial charge < -0.3 is 10.4 Å². The van der Waals surface area contributed by atoms with Crippen molar-refractivity contribution in [1.29, 1.82) is 0 Å². The third-order valence-electron chi connectivity index (χ3n) is 3.41. The van der Waals surface area contributed by atoms with Crippen molar-refractivity contribution in [3.8, 4) is 12.3 Å². The zero-order valence-corrected chi connectivity index (χ0v) is 14.3. The van der Waals surface area contributed by atoms with E-state index in [0.29, 0.717) is 0 Å². The molecule has 0 saturated carbocycles. The van der Waals surface area contributed by atoms with E-state index in [1.54, 1.807) is 13.8 Å².